The van der Waals surface area contributed by atoms with Gasteiger partial charge in [-0.25, -0.2) is 4.98 Å². The Balaban J connectivity index is 1.69. The number of carbonyl (C=O) groups excluding carboxylic acids is 2. The summed E-state index contributed by atoms with van der Waals surface area (Å²) < 4.78 is 11.1. The monoisotopic (exact) mass is 492 g/mol. The molecule has 10 nitrogen and oxygen atoms in total. The molecule has 164 valence electrons. The number of halogens is 1. The molecule has 1 aromatic heterocycles. The van der Waals surface area contributed by atoms with E-state index in [2.05, 4.69) is 26.2 Å². The van der Waals surface area contributed by atoms with Crippen molar-refractivity contribution in [1.29, 1.82) is 0 Å². The highest BCUT2D eigenvalue weighted by Gasteiger charge is 2.32. The van der Waals surface area contributed by atoms with Crippen molar-refractivity contribution in [3.8, 4) is 11.5 Å². The maximum atomic E-state index is 13.0. The third-order valence-electron chi connectivity index (χ3n) is 5.06. The number of pyridine rings is 1. The van der Waals surface area contributed by atoms with Gasteiger partial charge in [-0.2, -0.15) is 0 Å². The minimum absolute atomic E-state index is 0.0791. The van der Waals surface area contributed by atoms with E-state index < -0.39 is 10.8 Å². The first-order valence-corrected chi connectivity index (χ1v) is 10.3. The summed E-state index contributed by atoms with van der Waals surface area (Å²) in [6, 6.07) is 5.96. The zero-order valence-electron chi connectivity index (χ0n) is 17.0. The second-order valence-corrected chi connectivity index (χ2v) is 7.81. The molecule has 0 saturated carbocycles. The number of aromatic nitrogens is 1. The number of hydrogen-bond acceptors (Lipinski definition) is 7. The van der Waals surface area contributed by atoms with Gasteiger partial charge in [0.1, 0.15) is 11.4 Å². The van der Waals surface area contributed by atoms with Gasteiger partial charge in [-0.3, -0.25) is 19.7 Å². The Hall–Kier alpha value is -3.21. The fourth-order valence-corrected chi connectivity index (χ4v) is 3.62. The van der Waals surface area contributed by atoms with E-state index in [1.165, 1.54) is 31.3 Å². The van der Waals surface area contributed by atoms with Crippen molar-refractivity contribution < 1.29 is 24.0 Å². The van der Waals surface area contributed by atoms with Crippen LogP contribution in [0.3, 0.4) is 0 Å². The number of benzene rings is 1. The van der Waals surface area contributed by atoms with Gasteiger partial charge in [-0.05, 0) is 40.9 Å². The van der Waals surface area contributed by atoms with Gasteiger partial charge in [0.2, 0.25) is 5.91 Å². The van der Waals surface area contributed by atoms with E-state index in [1.54, 1.807) is 18.3 Å². The van der Waals surface area contributed by atoms with E-state index >= 15 is 0 Å². The molecular weight excluding hydrogens is 472 g/mol. The van der Waals surface area contributed by atoms with Gasteiger partial charge in [0.15, 0.2) is 11.5 Å². The summed E-state index contributed by atoms with van der Waals surface area (Å²) in [5.41, 5.74) is -0.437. The lowest BCUT2D eigenvalue weighted by Gasteiger charge is -2.31. The molecule has 0 bridgehead atoms. The van der Waals surface area contributed by atoms with Crippen LogP contribution in [0.25, 0.3) is 0 Å². The average molecular weight is 493 g/mol. The van der Waals surface area contributed by atoms with Crippen LogP contribution in [0.15, 0.2) is 34.9 Å². The molecule has 0 aliphatic carbocycles. The normalized spacial score (nSPS) is 14.1. The summed E-state index contributed by atoms with van der Waals surface area (Å²) in [5.74, 6) is -0.0851. The van der Waals surface area contributed by atoms with Crippen LogP contribution in [-0.4, -0.2) is 53.9 Å². The number of hydrogen-bond donors (Lipinski definition) is 1. The van der Waals surface area contributed by atoms with Gasteiger partial charge in [-0.1, -0.05) is 0 Å². The summed E-state index contributed by atoms with van der Waals surface area (Å²) in [7, 11) is 2.75. The molecule has 2 amide bonds. The van der Waals surface area contributed by atoms with Crippen LogP contribution in [0.2, 0.25) is 0 Å². The van der Waals surface area contributed by atoms with E-state index in [1.807, 2.05) is 0 Å². The highest BCUT2D eigenvalue weighted by atomic mass is 79.9. The number of nitrogens with zero attached hydrogens (tertiary/aromatic N) is 3. The summed E-state index contributed by atoms with van der Waals surface area (Å²) in [5, 5.41) is 14.3. The third-order valence-corrected chi connectivity index (χ3v) is 5.53. The molecule has 11 heteroatoms. The molecule has 1 aliphatic heterocycles. The number of likely N-dealkylation sites (tertiary alicyclic amines) is 1. The van der Waals surface area contributed by atoms with Crippen LogP contribution in [0, 0.1) is 16.0 Å². The van der Waals surface area contributed by atoms with E-state index in [0.717, 1.165) is 4.47 Å². The number of anilines is 1. The Morgan fingerprint density at radius 3 is 2.39 bits per heavy atom. The van der Waals surface area contributed by atoms with Crippen LogP contribution in [0.4, 0.5) is 11.5 Å². The average Bonchev–Trinajstić information content (AvgIpc) is 2.79. The third kappa shape index (κ3) is 5.10. The molecule has 0 atom stereocenters. The molecule has 1 aromatic carbocycles. The summed E-state index contributed by atoms with van der Waals surface area (Å²) in [4.78, 5) is 42.0. The molecule has 0 unspecified atom stereocenters. The molecule has 1 saturated heterocycles. The Labute approximate surface area is 186 Å². The quantitative estimate of drug-likeness (QED) is 0.484. The molecule has 3 rings (SSSR count). The van der Waals surface area contributed by atoms with Crippen molar-refractivity contribution in [2.45, 2.75) is 12.8 Å². The fraction of sp³-hybridized carbons (Fsp3) is 0.350. The first-order valence-electron chi connectivity index (χ1n) is 9.46. The largest absolute Gasteiger partial charge is 0.493 e. The van der Waals surface area contributed by atoms with Crippen molar-refractivity contribution in [3.05, 3.63) is 50.6 Å². The number of ether oxygens (including phenoxy) is 2. The second kappa shape index (κ2) is 9.73. The topological polar surface area (TPSA) is 124 Å². The van der Waals surface area contributed by atoms with Crippen molar-refractivity contribution >= 4 is 39.2 Å². The first-order chi connectivity index (χ1) is 14.8. The lowest BCUT2D eigenvalue weighted by molar-refractivity contribution is -0.385. The Morgan fingerprint density at radius 2 is 1.84 bits per heavy atom. The molecule has 2 aromatic rings. The van der Waals surface area contributed by atoms with Crippen LogP contribution in [0.5, 0.6) is 11.5 Å². The molecule has 1 N–H and O–H groups in total. The van der Waals surface area contributed by atoms with E-state index in [-0.39, 0.29) is 34.6 Å². The minimum Gasteiger partial charge on any atom is -0.493 e. The number of amides is 2. The summed E-state index contributed by atoms with van der Waals surface area (Å²) in [6.07, 6.45) is 2.47. The summed E-state index contributed by atoms with van der Waals surface area (Å²) in [6.45, 7) is 0.604. The van der Waals surface area contributed by atoms with Crippen molar-refractivity contribution in [3.63, 3.8) is 0 Å². The SMILES string of the molecule is COc1cc(C(=O)N2CCC(C(=O)Nc3ccc(Br)cn3)CC2)c([N+](=O)[O-])cc1OC. The van der Waals surface area contributed by atoms with Gasteiger partial charge < -0.3 is 19.7 Å². The maximum absolute atomic E-state index is 13.0. The Bertz CT molecular complexity index is 990. The smallest absolute Gasteiger partial charge is 0.286 e. The Kier molecular flexibility index (Phi) is 7.06. The number of nitro groups is 1. The van der Waals surface area contributed by atoms with E-state index in [4.69, 9.17) is 9.47 Å². The standard InChI is InChI=1S/C20H21BrN4O6/c1-30-16-9-14(15(25(28)29)10-17(16)31-2)20(27)24-7-5-12(6-8-24)19(26)23-18-4-3-13(21)11-22-18/h3-4,9-12H,5-8H2,1-2H3,(H,22,23,26). The number of piperidine rings is 1. The van der Waals surface area contributed by atoms with Gasteiger partial charge >= 0.3 is 0 Å². The first kappa shape index (κ1) is 22.5. The molecule has 1 aliphatic rings. The number of nitrogens with one attached hydrogen (secondary N) is 1. The molecular formula is C20H21BrN4O6. The number of carbonyl (C=O) groups is 2. The van der Waals surface area contributed by atoms with Gasteiger partial charge in [0.25, 0.3) is 11.6 Å². The summed E-state index contributed by atoms with van der Waals surface area (Å²) >= 11 is 3.29. The van der Waals surface area contributed by atoms with Crippen LogP contribution >= 0.6 is 15.9 Å². The lowest BCUT2D eigenvalue weighted by atomic mass is 9.95. The van der Waals surface area contributed by atoms with E-state index in [0.29, 0.717) is 31.7 Å². The number of methoxy groups -OCH3 is 2. The van der Waals surface area contributed by atoms with Crippen molar-refractivity contribution in [2.75, 3.05) is 32.6 Å². The van der Waals surface area contributed by atoms with Gasteiger partial charge in [0, 0.05) is 35.7 Å². The lowest BCUT2D eigenvalue weighted by Crippen LogP contribution is -2.41. The van der Waals surface area contributed by atoms with Crippen LogP contribution < -0.4 is 14.8 Å². The highest BCUT2D eigenvalue weighted by Crippen LogP contribution is 2.35. The van der Waals surface area contributed by atoms with Crippen molar-refractivity contribution in [1.82, 2.24) is 9.88 Å². The molecule has 31 heavy (non-hydrogen) atoms. The van der Waals surface area contributed by atoms with Crippen molar-refractivity contribution in [2.24, 2.45) is 5.92 Å². The van der Waals surface area contributed by atoms with Crippen LogP contribution in [0.1, 0.15) is 23.2 Å². The van der Waals surface area contributed by atoms with Crippen LogP contribution in [-0.2, 0) is 4.79 Å². The molecule has 0 radical (unpaired) electrons. The molecule has 0 spiro atoms. The fourth-order valence-electron chi connectivity index (χ4n) is 3.38. The number of rotatable bonds is 6. The molecule has 2 heterocycles. The zero-order chi connectivity index (χ0) is 22.5. The minimum atomic E-state index is -0.624. The zero-order valence-corrected chi connectivity index (χ0v) is 18.5. The maximum Gasteiger partial charge on any atom is 0.286 e. The van der Waals surface area contributed by atoms with Gasteiger partial charge in [-0.15, -0.1) is 0 Å². The predicted molar refractivity (Wildman–Crippen MR) is 115 cm³/mol. The molecule has 1 fully saturated rings. The van der Waals surface area contributed by atoms with E-state index in [9.17, 15) is 19.7 Å². The number of nitro benzene ring substituents is 1. The predicted octanol–water partition coefficient (Wildman–Crippen LogP) is 3.26. The highest BCUT2D eigenvalue weighted by molar-refractivity contribution is 9.10. The Morgan fingerprint density at radius 1 is 1.19 bits per heavy atom. The van der Waals surface area contributed by atoms with Gasteiger partial charge in [0.05, 0.1) is 25.2 Å². The second-order valence-electron chi connectivity index (χ2n) is 6.90.